The second-order valence-corrected chi connectivity index (χ2v) is 5.25. The summed E-state index contributed by atoms with van der Waals surface area (Å²) in [6.45, 7) is 2.32. The third kappa shape index (κ3) is 5.31. The van der Waals surface area contributed by atoms with E-state index in [0.717, 1.165) is 11.3 Å². The van der Waals surface area contributed by atoms with Gasteiger partial charge in [0.2, 0.25) is 5.91 Å². The number of amides is 2. The van der Waals surface area contributed by atoms with Crippen LogP contribution in [0.1, 0.15) is 12.5 Å². The molecule has 0 aliphatic carbocycles. The van der Waals surface area contributed by atoms with Crippen LogP contribution in [0.15, 0.2) is 54.6 Å². The SMILES string of the molecule is CC(=O)N(CCNC(=O)OCc1ccccc1)c1ccc(N)cc1. The molecule has 6 nitrogen and oxygen atoms in total. The standard InChI is InChI=1S/C18H21N3O3/c1-14(22)21(17-9-7-16(19)8-10-17)12-11-20-18(23)24-13-15-5-3-2-4-6-15/h2-10H,11-13,19H2,1H3,(H,20,23). The number of rotatable bonds is 6. The van der Waals surface area contributed by atoms with E-state index >= 15 is 0 Å². The van der Waals surface area contributed by atoms with E-state index in [0.29, 0.717) is 12.2 Å². The molecule has 0 bridgehead atoms. The van der Waals surface area contributed by atoms with E-state index in [1.54, 1.807) is 29.2 Å². The zero-order valence-electron chi connectivity index (χ0n) is 13.6. The lowest BCUT2D eigenvalue weighted by Crippen LogP contribution is -2.37. The van der Waals surface area contributed by atoms with Gasteiger partial charge in [0.15, 0.2) is 0 Å². The van der Waals surface area contributed by atoms with Gasteiger partial charge in [-0.15, -0.1) is 0 Å². The fraction of sp³-hybridized carbons (Fsp3) is 0.222. The van der Waals surface area contributed by atoms with Crippen molar-refractivity contribution >= 4 is 23.4 Å². The molecule has 0 fully saturated rings. The minimum absolute atomic E-state index is 0.112. The number of ether oxygens (including phenoxy) is 1. The highest BCUT2D eigenvalue weighted by molar-refractivity contribution is 5.91. The van der Waals surface area contributed by atoms with Gasteiger partial charge in [0.05, 0.1) is 0 Å². The summed E-state index contributed by atoms with van der Waals surface area (Å²) in [5.41, 5.74) is 7.93. The number of nitrogen functional groups attached to an aromatic ring is 1. The number of alkyl carbamates (subject to hydrolysis) is 1. The third-order valence-electron chi connectivity index (χ3n) is 3.40. The first-order valence-electron chi connectivity index (χ1n) is 7.64. The normalized spacial score (nSPS) is 10.0. The molecule has 0 unspecified atom stereocenters. The number of nitrogens with two attached hydrogens (primary N) is 1. The third-order valence-corrected chi connectivity index (χ3v) is 3.40. The summed E-state index contributed by atoms with van der Waals surface area (Å²) in [5, 5.41) is 2.64. The molecule has 2 aromatic rings. The van der Waals surface area contributed by atoms with Crippen molar-refractivity contribution in [3.05, 3.63) is 60.2 Å². The van der Waals surface area contributed by atoms with Gasteiger partial charge in [-0.3, -0.25) is 4.79 Å². The van der Waals surface area contributed by atoms with Gasteiger partial charge in [-0.2, -0.15) is 0 Å². The maximum atomic E-state index is 11.8. The summed E-state index contributed by atoms with van der Waals surface area (Å²) in [6, 6.07) is 16.4. The second kappa shape index (κ2) is 8.57. The summed E-state index contributed by atoms with van der Waals surface area (Å²) in [4.78, 5) is 25.0. The Kier molecular flexibility index (Phi) is 6.19. The van der Waals surface area contributed by atoms with E-state index < -0.39 is 6.09 Å². The minimum atomic E-state index is -0.514. The number of hydrogen-bond acceptors (Lipinski definition) is 4. The van der Waals surface area contributed by atoms with Crippen molar-refractivity contribution in [1.82, 2.24) is 5.32 Å². The van der Waals surface area contributed by atoms with Crippen LogP contribution in [-0.2, 0) is 16.1 Å². The van der Waals surface area contributed by atoms with Gasteiger partial charge in [0, 0.05) is 31.4 Å². The number of carbonyl (C=O) groups is 2. The van der Waals surface area contributed by atoms with Crippen LogP contribution < -0.4 is 16.0 Å². The minimum Gasteiger partial charge on any atom is -0.445 e. The highest BCUT2D eigenvalue weighted by atomic mass is 16.5. The van der Waals surface area contributed by atoms with Crippen molar-refractivity contribution in [2.75, 3.05) is 23.7 Å². The predicted octanol–water partition coefficient (Wildman–Crippen LogP) is 2.55. The van der Waals surface area contributed by atoms with Crippen LogP contribution in [0.5, 0.6) is 0 Å². The van der Waals surface area contributed by atoms with Gasteiger partial charge >= 0.3 is 6.09 Å². The molecule has 6 heteroatoms. The maximum Gasteiger partial charge on any atom is 0.407 e. The van der Waals surface area contributed by atoms with Crippen molar-refractivity contribution in [2.24, 2.45) is 0 Å². The molecule has 3 N–H and O–H groups in total. The van der Waals surface area contributed by atoms with Gasteiger partial charge in [0.25, 0.3) is 0 Å². The number of carbonyl (C=O) groups excluding carboxylic acids is 2. The van der Waals surface area contributed by atoms with E-state index in [1.807, 2.05) is 30.3 Å². The van der Waals surface area contributed by atoms with Crippen LogP contribution in [0.4, 0.5) is 16.2 Å². The van der Waals surface area contributed by atoms with Crippen LogP contribution in [0.25, 0.3) is 0 Å². The molecule has 0 atom stereocenters. The van der Waals surface area contributed by atoms with Crippen LogP contribution >= 0.6 is 0 Å². The lowest BCUT2D eigenvalue weighted by molar-refractivity contribution is -0.116. The smallest absolute Gasteiger partial charge is 0.407 e. The fourth-order valence-corrected chi connectivity index (χ4v) is 2.17. The monoisotopic (exact) mass is 327 g/mol. The molecule has 0 aliphatic heterocycles. The molecule has 0 aromatic heterocycles. The van der Waals surface area contributed by atoms with Crippen LogP contribution in [0, 0.1) is 0 Å². The van der Waals surface area contributed by atoms with Gasteiger partial charge < -0.3 is 20.7 Å². The van der Waals surface area contributed by atoms with Gasteiger partial charge in [-0.1, -0.05) is 30.3 Å². The molecule has 0 radical (unpaired) electrons. The summed E-state index contributed by atoms with van der Waals surface area (Å²) < 4.78 is 5.12. The number of benzene rings is 2. The molecule has 0 saturated carbocycles. The van der Waals surface area contributed by atoms with Gasteiger partial charge in [-0.05, 0) is 29.8 Å². The van der Waals surface area contributed by atoms with Crippen molar-refractivity contribution in [3.8, 4) is 0 Å². The number of anilines is 2. The number of nitrogens with zero attached hydrogens (tertiary/aromatic N) is 1. The Morgan fingerprint density at radius 3 is 2.38 bits per heavy atom. The van der Waals surface area contributed by atoms with Crippen molar-refractivity contribution in [1.29, 1.82) is 0 Å². The molecule has 2 amide bonds. The van der Waals surface area contributed by atoms with E-state index in [1.165, 1.54) is 6.92 Å². The van der Waals surface area contributed by atoms with Crippen molar-refractivity contribution in [3.63, 3.8) is 0 Å². The summed E-state index contributed by atoms with van der Waals surface area (Å²) in [6.07, 6.45) is -0.514. The first kappa shape index (κ1) is 17.3. The fourth-order valence-electron chi connectivity index (χ4n) is 2.17. The molecule has 0 saturated heterocycles. The molecule has 0 aliphatic rings. The van der Waals surface area contributed by atoms with Crippen LogP contribution in [0.2, 0.25) is 0 Å². The Bertz CT molecular complexity index is 672. The zero-order chi connectivity index (χ0) is 17.4. The average Bonchev–Trinajstić information content (AvgIpc) is 2.58. The summed E-state index contributed by atoms with van der Waals surface area (Å²) in [5.74, 6) is -0.112. The van der Waals surface area contributed by atoms with Crippen LogP contribution in [0.3, 0.4) is 0 Å². The molecule has 126 valence electrons. The lowest BCUT2D eigenvalue weighted by Gasteiger charge is -2.21. The van der Waals surface area contributed by atoms with Gasteiger partial charge in [-0.25, -0.2) is 4.79 Å². The van der Waals surface area contributed by atoms with Gasteiger partial charge in [0.1, 0.15) is 6.61 Å². The molecule has 0 heterocycles. The topological polar surface area (TPSA) is 84.7 Å². The highest BCUT2D eigenvalue weighted by Gasteiger charge is 2.12. The van der Waals surface area contributed by atoms with E-state index in [9.17, 15) is 9.59 Å². The number of hydrogen-bond donors (Lipinski definition) is 2. The maximum absolute atomic E-state index is 11.8. The first-order valence-corrected chi connectivity index (χ1v) is 7.64. The lowest BCUT2D eigenvalue weighted by atomic mass is 10.2. The van der Waals surface area contributed by atoms with Crippen LogP contribution in [-0.4, -0.2) is 25.1 Å². The quantitative estimate of drug-likeness (QED) is 0.799. The van der Waals surface area contributed by atoms with E-state index in [2.05, 4.69) is 5.32 Å². The zero-order valence-corrected chi connectivity index (χ0v) is 13.6. The Morgan fingerprint density at radius 2 is 1.75 bits per heavy atom. The van der Waals surface area contributed by atoms with E-state index in [-0.39, 0.29) is 19.1 Å². The van der Waals surface area contributed by atoms with Crippen molar-refractivity contribution in [2.45, 2.75) is 13.5 Å². The predicted molar refractivity (Wildman–Crippen MR) is 93.5 cm³/mol. The summed E-state index contributed by atoms with van der Waals surface area (Å²) in [7, 11) is 0. The Morgan fingerprint density at radius 1 is 1.08 bits per heavy atom. The summed E-state index contributed by atoms with van der Waals surface area (Å²) >= 11 is 0. The van der Waals surface area contributed by atoms with E-state index in [4.69, 9.17) is 10.5 Å². The first-order chi connectivity index (χ1) is 11.6. The highest BCUT2D eigenvalue weighted by Crippen LogP contribution is 2.16. The number of nitrogens with one attached hydrogen (secondary N) is 1. The molecule has 24 heavy (non-hydrogen) atoms. The molecular weight excluding hydrogens is 306 g/mol. The van der Waals surface area contributed by atoms with Crippen molar-refractivity contribution < 1.29 is 14.3 Å². The molecule has 2 aromatic carbocycles. The Hall–Kier alpha value is -3.02. The Balaban J connectivity index is 1.79. The molecular formula is C18H21N3O3. The molecule has 2 rings (SSSR count). The Labute approximate surface area is 141 Å². The average molecular weight is 327 g/mol. The second-order valence-electron chi connectivity index (χ2n) is 5.25. The molecule has 0 spiro atoms. The largest absolute Gasteiger partial charge is 0.445 e.